The highest BCUT2D eigenvalue weighted by atomic mass is 16.5. The lowest BCUT2D eigenvalue weighted by Gasteiger charge is -2.19. The Morgan fingerprint density at radius 2 is 2.00 bits per heavy atom. The van der Waals surface area contributed by atoms with E-state index in [2.05, 4.69) is 5.32 Å². The van der Waals surface area contributed by atoms with Crippen molar-refractivity contribution in [2.45, 2.75) is 39.4 Å². The minimum absolute atomic E-state index is 0.00234. The van der Waals surface area contributed by atoms with Crippen LogP contribution in [0.15, 0.2) is 24.3 Å². The molecule has 100 valence electrons. The molecule has 0 saturated heterocycles. The average Bonchev–Trinajstić information content (AvgIpc) is 2.26. The summed E-state index contributed by atoms with van der Waals surface area (Å²) in [6, 6.07) is 7.18. The highest BCUT2D eigenvalue weighted by Gasteiger charge is 2.14. The Kier molecular flexibility index (Phi) is 4.87. The fourth-order valence-corrected chi connectivity index (χ4v) is 1.44. The van der Waals surface area contributed by atoms with Crippen molar-refractivity contribution in [3.63, 3.8) is 0 Å². The lowest BCUT2D eigenvalue weighted by atomic mass is 10.1. The maximum atomic E-state index is 11.7. The summed E-state index contributed by atoms with van der Waals surface area (Å²) < 4.78 is 5.39. The molecular formula is C14H21NO3. The normalized spacial score (nSPS) is 13.2. The second-order valence-corrected chi connectivity index (χ2v) is 5.21. The third-order valence-electron chi connectivity index (χ3n) is 2.32. The first-order valence-electron chi connectivity index (χ1n) is 6.00. The fraction of sp³-hybridized carbons (Fsp3) is 0.500. The Morgan fingerprint density at radius 3 is 2.56 bits per heavy atom. The smallest absolute Gasteiger partial charge is 0.250 e. The van der Waals surface area contributed by atoms with Crippen LogP contribution in [0.5, 0.6) is 0 Å². The zero-order valence-electron chi connectivity index (χ0n) is 11.4. The van der Waals surface area contributed by atoms with Gasteiger partial charge in [-0.05, 0) is 33.8 Å². The van der Waals surface area contributed by atoms with Crippen molar-refractivity contribution in [2.24, 2.45) is 0 Å². The van der Waals surface area contributed by atoms with E-state index >= 15 is 0 Å². The number of amides is 1. The molecule has 0 aliphatic heterocycles. The molecule has 0 aromatic heterocycles. The Balaban J connectivity index is 2.65. The van der Waals surface area contributed by atoms with Gasteiger partial charge in [0.25, 0.3) is 0 Å². The van der Waals surface area contributed by atoms with Gasteiger partial charge < -0.3 is 15.2 Å². The van der Waals surface area contributed by atoms with Crippen LogP contribution in [-0.4, -0.2) is 23.2 Å². The zero-order chi connectivity index (χ0) is 13.8. The van der Waals surface area contributed by atoms with Crippen molar-refractivity contribution >= 4 is 11.6 Å². The quantitative estimate of drug-likeness (QED) is 0.864. The van der Waals surface area contributed by atoms with Gasteiger partial charge in [-0.2, -0.15) is 0 Å². The van der Waals surface area contributed by atoms with Gasteiger partial charge in [0.2, 0.25) is 5.91 Å². The fourth-order valence-electron chi connectivity index (χ4n) is 1.44. The Morgan fingerprint density at radius 1 is 1.39 bits per heavy atom. The molecule has 18 heavy (non-hydrogen) atoms. The minimum Gasteiger partial charge on any atom is -0.389 e. The summed E-state index contributed by atoms with van der Waals surface area (Å²) in [6.45, 7) is 7.34. The van der Waals surface area contributed by atoms with Crippen LogP contribution >= 0.6 is 0 Å². The summed E-state index contributed by atoms with van der Waals surface area (Å²) in [4.78, 5) is 11.7. The number of aliphatic hydroxyl groups excluding tert-OH is 1. The summed E-state index contributed by atoms with van der Waals surface area (Å²) >= 11 is 0. The van der Waals surface area contributed by atoms with Gasteiger partial charge >= 0.3 is 0 Å². The number of carbonyl (C=O) groups is 1. The molecule has 2 N–H and O–H groups in total. The first-order chi connectivity index (χ1) is 8.29. The van der Waals surface area contributed by atoms with E-state index in [1.807, 2.05) is 32.9 Å². The van der Waals surface area contributed by atoms with Crippen molar-refractivity contribution in [1.82, 2.24) is 0 Å². The highest BCUT2D eigenvalue weighted by molar-refractivity contribution is 5.92. The molecule has 0 spiro atoms. The lowest BCUT2D eigenvalue weighted by molar-refractivity contribution is -0.125. The van der Waals surface area contributed by atoms with Crippen molar-refractivity contribution in [1.29, 1.82) is 0 Å². The van der Waals surface area contributed by atoms with E-state index < -0.39 is 6.10 Å². The molecule has 0 aliphatic rings. The molecule has 0 radical (unpaired) electrons. The number of nitrogens with one attached hydrogen (secondary N) is 1. The lowest BCUT2D eigenvalue weighted by Crippen LogP contribution is -2.27. The molecule has 0 aliphatic carbocycles. The standard InChI is InChI=1S/C14H21NO3/c1-10(16)11-7-5-6-8-12(11)15-13(17)9-18-14(2,3)4/h5-8,10,16H,9H2,1-4H3,(H,15,17). The Hall–Kier alpha value is -1.39. The van der Waals surface area contributed by atoms with Gasteiger partial charge in [0.05, 0.1) is 11.7 Å². The summed E-state index contributed by atoms with van der Waals surface area (Å²) in [5, 5.41) is 12.3. The average molecular weight is 251 g/mol. The van der Waals surface area contributed by atoms with Gasteiger partial charge in [-0.3, -0.25) is 4.79 Å². The van der Waals surface area contributed by atoms with Crippen molar-refractivity contribution in [3.05, 3.63) is 29.8 Å². The molecule has 4 nitrogen and oxygen atoms in total. The second-order valence-electron chi connectivity index (χ2n) is 5.21. The van der Waals surface area contributed by atoms with Crippen LogP contribution in [0.4, 0.5) is 5.69 Å². The van der Waals surface area contributed by atoms with Crippen LogP contribution in [0.3, 0.4) is 0 Å². The largest absolute Gasteiger partial charge is 0.389 e. The Bertz CT molecular complexity index is 408. The van der Waals surface area contributed by atoms with Gasteiger partial charge in [-0.15, -0.1) is 0 Å². The zero-order valence-corrected chi connectivity index (χ0v) is 11.4. The summed E-state index contributed by atoms with van der Waals surface area (Å²) in [5.41, 5.74) is 0.970. The molecule has 0 heterocycles. The van der Waals surface area contributed by atoms with E-state index in [-0.39, 0.29) is 18.1 Å². The number of carbonyl (C=O) groups excluding carboxylic acids is 1. The van der Waals surface area contributed by atoms with E-state index in [1.54, 1.807) is 19.1 Å². The topological polar surface area (TPSA) is 58.6 Å². The van der Waals surface area contributed by atoms with Gasteiger partial charge in [-0.1, -0.05) is 18.2 Å². The van der Waals surface area contributed by atoms with Gasteiger partial charge in [0, 0.05) is 11.3 Å². The molecule has 1 rings (SSSR count). The van der Waals surface area contributed by atoms with E-state index in [4.69, 9.17) is 4.74 Å². The maximum absolute atomic E-state index is 11.7. The third kappa shape index (κ3) is 4.85. The molecule has 1 unspecified atom stereocenters. The van der Waals surface area contributed by atoms with E-state index in [0.29, 0.717) is 11.3 Å². The predicted octanol–water partition coefficient (Wildman–Crippen LogP) is 2.49. The van der Waals surface area contributed by atoms with Crippen LogP contribution in [0.2, 0.25) is 0 Å². The van der Waals surface area contributed by atoms with Gasteiger partial charge in [-0.25, -0.2) is 0 Å². The SMILES string of the molecule is CC(O)c1ccccc1NC(=O)COC(C)(C)C. The molecule has 1 aromatic rings. The first kappa shape index (κ1) is 14.7. The van der Waals surface area contributed by atoms with Gasteiger partial charge in [0.1, 0.15) is 6.61 Å². The number of ether oxygens (including phenoxy) is 1. The minimum atomic E-state index is -0.620. The van der Waals surface area contributed by atoms with Crippen LogP contribution in [0.25, 0.3) is 0 Å². The molecule has 1 aromatic carbocycles. The van der Waals surface area contributed by atoms with Crippen LogP contribution in [-0.2, 0) is 9.53 Å². The molecule has 1 amide bonds. The maximum Gasteiger partial charge on any atom is 0.250 e. The monoisotopic (exact) mass is 251 g/mol. The number of benzene rings is 1. The van der Waals surface area contributed by atoms with E-state index in [1.165, 1.54) is 0 Å². The summed E-state index contributed by atoms with van der Waals surface area (Å²) in [7, 11) is 0. The molecule has 0 saturated carbocycles. The van der Waals surface area contributed by atoms with Crippen molar-refractivity contribution in [2.75, 3.05) is 11.9 Å². The third-order valence-corrected chi connectivity index (χ3v) is 2.32. The summed E-state index contributed by atoms with van der Waals surface area (Å²) in [6.07, 6.45) is -0.620. The number of hydrogen-bond acceptors (Lipinski definition) is 3. The highest BCUT2D eigenvalue weighted by Crippen LogP contribution is 2.22. The van der Waals surface area contributed by atoms with Crippen LogP contribution in [0, 0.1) is 0 Å². The molecular weight excluding hydrogens is 230 g/mol. The Labute approximate surface area is 108 Å². The number of para-hydroxylation sites is 1. The number of anilines is 1. The van der Waals surface area contributed by atoms with Crippen molar-refractivity contribution < 1.29 is 14.6 Å². The van der Waals surface area contributed by atoms with Crippen LogP contribution in [0.1, 0.15) is 39.4 Å². The summed E-state index contributed by atoms with van der Waals surface area (Å²) in [5.74, 6) is -0.224. The van der Waals surface area contributed by atoms with Crippen molar-refractivity contribution in [3.8, 4) is 0 Å². The first-order valence-corrected chi connectivity index (χ1v) is 6.00. The van der Waals surface area contributed by atoms with E-state index in [0.717, 1.165) is 0 Å². The predicted molar refractivity (Wildman–Crippen MR) is 71.4 cm³/mol. The number of hydrogen-bond donors (Lipinski definition) is 2. The molecule has 4 heteroatoms. The number of rotatable bonds is 4. The second kappa shape index (κ2) is 5.98. The molecule has 1 atom stereocenters. The van der Waals surface area contributed by atoms with E-state index in [9.17, 15) is 9.90 Å². The number of aliphatic hydroxyl groups is 1. The molecule has 0 bridgehead atoms. The molecule has 0 fully saturated rings. The van der Waals surface area contributed by atoms with Gasteiger partial charge in [0.15, 0.2) is 0 Å². The van der Waals surface area contributed by atoms with Crippen LogP contribution < -0.4 is 5.32 Å².